The maximum absolute atomic E-state index is 5.82. The second kappa shape index (κ2) is 6.39. The van der Waals surface area contributed by atoms with Crippen LogP contribution in [0.1, 0.15) is 22.4 Å². The topological polar surface area (TPSA) is 60.2 Å². The first-order chi connectivity index (χ1) is 9.65. The molecule has 4 nitrogen and oxygen atoms in total. The van der Waals surface area contributed by atoms with Gasteiger partial charge in [-0.3, -0.25) is 0 Å². The van der Waals surface area contributed by atoms with Crippen LogP contribution >= 0.6 is 0 Å². The Morgan fingerprint density at radius 2 is 2.00 bits per heavy atom. The van der Waals surface area contributed by atoms with Gasteiger partial charge in [0.15, 0.2) is 0 Å². The highest BCUT2D eigenvalue weighted by Crippen LogP contribution is 2.22. The van der Waals surface area contributed by atoms with Gasteiger partial charge in [0.2, 0.25) is 0 Å². The monoisotopic (exact) mass is 271 g/mol. The van der Waals surface area contributed by atoms with E-state index in [1.54, 1.807) is 7.11 Å². The summed E-state index contributed by atoms with van der Waals surface area (Å²) in [7, 11) is 1.68. The van der Waals surface area contributed by atoms with E-state index in [1.165, 1.54) is 5.56 Å². The Balaban J connectivity index is 2.22. The molecule has 0 aliphatic rings. The van der Waals surface area contributed by atoms with Gasteiger partial charge < -0.3 is 15.8 Å². The average molecular weight is 271 g/mol. The van der Waals surface area contributed by atoms with Crippen molar-refractivity contribution in [2.45, 2.75) is 26.9 Å². The van der Waals surface area contributed by atoms with Crippen molar-refractivity contribution in [2.24, 2.45) is 5.73 Å². The third kappa shape index (κ3) is 3.08. The van der Waals surface area contributed by atoms with Crippen molar-refractivity contribution < 1.29 is 4.74 Å². The van der Waals surface area contributed by atoms with Crippen LogP contribution in [0.15, 0.2) is 30.3 Å². The Labute approximate surface area is 120 Å². The average Bonchev–Trinajstić information content (AvgIpc) is 2.45. The van der Waals surface area contributed by atoms with Crippen molar-refractivity contribution in [3.63, 3.8) is 0 Å². The van der Waals surface area contributed by atoms with Crippen molar-refractivity contribution in [3.8, 4) is 5.75 Å². The molecule has 2 rings (SSSR count). The molecule has 0 fully saturated rings. The molecule has 0 aliphatic heterocycles. The van der Waals surface area contributed by atoms with E-state index in [9.17, 15) is 0 Å². The summed E-state index contributed by atoms with van der Waals surface area (Å²) < 4.78 is 5.35. The highest BCUT2D eigenvalue weighted by Gasteiger charge is 2.08. The van der Waals surface area contributed by atoms with Gasteiger partial charge in [-0.15, -0.1) is 0 Å². The van der Waals surface area contributed by atoms with Crippen LogP contribution in [0.3, 0.4) is 0 Å². The molecular weight excluding hydrogens is 250 g/mol. The van der Waals surface area contributed by atoms with Gasteiger partial charge in [-0.2, -0.15) is 0 Å². The largest absolute Gasteiger partial charge is 0.496 e. The van der Waals surface area contributed by atoms with Gasteiger partial charge in [-0.05, 0) is 31.5 Å². The van der Waals surface area contributed by atoms with Crippen LogP contribution in [0.2, 0.25) is 0 Å². The molecule has 0 radical (unpaired) electrons. The van der Waals surface area contributed by atoms with Crippen molar-refractivity contribution in [2.75, 3.05) is 12.4 Å². The highest BCUT2D eigenvalue weighted by molar-refractivity contribution is 5.50. The molecule has 0 bridgehead atoms. The molecule has 0 saturated carbocycles. The molecule has 4 heteroatoms. The lowest BCUT2D eigenvalue weighted by Crippen LogP contribution is -2.10. The third-order valence-electron chi connectivity index (χ3n) is 3.32. The number of nitrogens with zero attached hydrogens (tertiary/aromatic N) is 1. The first-order valence-electron chi connectivity index (χ1n) is 6.68. The van der Waals surface area contributed by atoms with Crippen LogP contribution in [0.5, 0.6) is 5.75 Å². The van der Waals surface area contributed by atoms with Gasteiger partial charge >= 0.3 is 0 Å². The first kappa shape index (κ1) is 14.3. The number of pyridine rings is 1. The lowest BCUT2D eigenvalue weighted by molar-refractivity contribution is 0.410. The number of rotatable bonds is 5. The maximum Gasteiger partial charge on any atom is 0.131 e. The molecule has 0 spiro atoms. The maximum atomic E-state index is 5.82. The summed E-state index contributed by atoms with van der Waals surface area (Å²) in [6.45, 7) is 5.19. The zero-order valence-electron chi connectivity index (χ0n) is 12.2. The first-order valence-corrected chi connectivity index (χ1v) is 6.68. The number of benzene rings is 1. The number of methoxy groups -OCH3 is 1. The summed E-state index contributed by atoms with van der Waals surface area (Å²) in [6, 6.07) is 10.0. The molecule has 0 atom stereocenters. The fraction of sp³-hybridized carbons (Fsp3) is 0.312. The number of para-hydroxylation sites is 1. The summed E-state index contributed by atoms with van der Waals surface area (Å²) in [5.74, 6) is 1.73. The van der Waals surface area contributed by atoms with E-state index in [-0.39, 0.29) is 0 Å². The van der Waals surface area contributed by atoms with Crippen molar-refractivity contribution in [1.29, 1.82) is 0 Å². The van der Waals surface area contributed by atoms with Gasteiger partial charge in [0.25, 0.3) is 0 Å². The normalized spacial score (nSPS) is 10.4. The molecule has 0 amide bonds. The Bertz CT molecular complexity index is 596. The summed E-state index contributed by atoms with van der Waals surface area (Å²) in [6.07, 6.45) is 0. The van der Waals surface area contributed by atoms with Crippen LogP contribution in [-0.4, -0.2) is 12.1 Å². The SMILES string of the molecule is COc1ccccc1CNc1nc(C)cc(C)c1CN. The quantitative estimate of drug-likeness (QED) is 0.878. The molecule has 2 aromatic rings. The van der Waals surface area contributed by atoms with E-state index in [4.69, 9.17) is 10.5 Å². The Morgan fingerprint density at radius 3 is 2.70 bits per heavy atom. The lowest BCUT2D eigenvalue weighted by Gasteiger charge is -2.14. The van der Waals surface area contributed by atoms with Crippen LogP contribution in [-0.2, 0) is 13.1 Å². The molecule has 0 unspecified atom stereocenters. The van der Waals surface area contributed by atoms with Gasteiger partial charge in [0.1, 0.15) is 11.6 Å². The minimum atomic E-state index is 0.480. The molecular formula is C16H21N3O. The van der Waals surface area contributed by atoms with E-state index < -0.39 is 0 Å². The lowest BCUT2D eigenvalue weighted by atomic mass is 10.1. The summed E-state index contributed by atoms with van der Waals surface area (Å²) in [4.78, 5) is 4.54. The summed E-state index contributed by atoms with van der Waals surface area (Å²) >= 11 is 0. The number of nitrogens with two attached hydrogens (primary N) is 1. The van der Waals surface area contributed by atoms with Gasteiger partial charge in [0.05, 0.1) is 7.11 Å². The second-order valence-corrected chi connectivity index (χ2v) is 4.78. The van der Waals surface area contributed by atoms with Crippen molar-refractivity contribution in [3.05, 3.63) is 52.7 Å². The van der Waals surface area contributed by atoms with E-state index in [0.717, 1.165) is 28.4 Å². The van der Waals surface area contributed by atoms with Gasteiger partial charge in [0, 0.05) is 29.9 Å². The Hall–Kier alpha value is -2.07. The molecule has 3 N–H and O–H groups in total. The number of ether oxygens (including phenoxy) is 1. The fourth-order valence-electron chi connectivity index (χ4n) is 2.30. The molecule has 1 aromatic carbocycles. The number of hydrogen-bond donors (Lipinski definition) is 2. The second-order valence-electron chi connectivity index (χ2n) is 4.78. The predicted molar refractivity (Wildman–Crippen MR) is 81.9 cm³/mol. The number of hydrogen-bond acceptors (Lipinski definition) is 4. The van der Waals surface area contributed by atoms with Crippen LogP contribution in [0.4, 0.5) is 5.82 Å². The van der Waals surface area contributed by atoms with E-state index in [0.29, 0.717) is 13.1 Å². The predicted octanol–water partition coefficient (Wildman–Crippen LogP) is 2.78. The van der Waals surface area contributed by atoms with Crippen LogP contribution in [0.25, 0.3) is 0 Å². The highest BCUT2D eigenvalue weighted by atomic mass is 16.5. The third-order valence-corrected chi connectivity index (χ3v) is 3.32. The molecule has 1 heterocycles. The number of aryl methyl sites for hydroxylation is 2. The summed E-state index contributed by atoms with van der Waals surface area (Å²) in [5, 5.41) is 3.37. The Morgan fingerprint density at radius 1 is 1.25 bits per heavy atom. The fourth-order valence-corrected chi connectivity index (χ4v) is 2.30. The minimum Gasteiger partial charge on any atom is -0.496 e. The Kier molecular flexibility index (Phi) is 4.58. The van der Waals surface area contributed by atoms with Crippen LogP contribution in [0, 0.1) is 13.8 Å². The molecule has 0 saturated heterocycles. The van der Waals surface area contributed by atoms with Gasteiger partial charge in [-0.25, -0.2) is 4.98 Å². The molecule has 106 valence electrons. The number of aromatic nitrogens is 1. The van der Waals surface area contributed by atoms with Crippen molar-refractivity contribution >= 4 is 5.82 Å². The van der Waals surface area contributed by atoms with Crippen LogP contribution < -0.4 is 15.8 Å². The molecule has 20 heavy (non-hydrogen) atoms. The molecule has 0 aliphatic carbocycles. The number of anilines is 1. The standard InChI is InChI=1S/C16H21N3O/c1-11-8-12(2)19-16(14(11)9-17)18-10-13-6-4-5-7-15(13)20-3/h4-8H,9-10,17H2,1-3H3,(H,18,19). The summed E-state index contributed by atoms with van der Waals surface area (Å²) in [5.41, 5.74) is 10.1. The smallest absolute Gasteiger partial charge is 0.131 e. The zero-order valence-corrected chi connectivity index (χ0v) is 12.2. The van der Waals surface area contributed by atoms with Crippen molar-refractivity contribution in [1.82, 2.24) is 4.98 Å². The van der Waals surface area contributed by atoms with E-state index in [2.05, 4.69) is 23.3 Å². The zero-order chi connectivity index (χ0) is 14.5. The van der Waals surface area contributed by atoms with E-state index >= 15 is 0 Å². The van der Waals surface area contributed by atoms with Gasteiger partial charge in [-0.1, -0.05) is 18.2 Å². The molecule has 1 aromatic heterocycles. The number of nitrogens with one attached hydrogen (secondary N) is 1. The van der Waals surface area contributed by atoms with E-state index in [1.807, 2.05) is 31.2 Å². The minimum absolute atomic E-state index is 0.480.